The van der Waals surface area contributed by atoms with Crippen LogP contribution in [0.1, 0.15) is 64.8 Å². The molecule has 1 aliphatic carbocycles. The predicted octanol–water partition coefficient (Wildman–Crippen LogP) is 5.56. The van der Waals surface area contributed by atoms with Crippen molar-refractivity contribution in [3.05, 3.63) is 94.5 Å². The maximum atomic E-state index is 13.2. The van der Waals surface area contributed by atoms with E-state index in [0.717, 1.165) is 24.8 Å². The predicted molar refractivity (Wildman–Crippen MR) is 132 cm³/mol. The molecular formula is C27H30N2O3S. The Labute approximate surface area is 196 Å². The van der Waals surface area contributed by atoms with Crippen molar-refractivity contribution in [3.8, 4) is 0 Å². The molecule has 0 aromatic heterocycles. The number of nitrogens with one attached hydrogen (secondary N) is 2. The zero-order chi connectivity index (χ0) is 23.4. The van der Waals surface area contributed by atoms with Crippen LogP contribution >= 0.6 is 0 Å². The lowest BCUT2D eigenvalue weighted by atomic mass is 9.88. The number of sulfonamides is 1. The second-order valence-electron chi connectivity index (χ2n) is 8.57. The largest absolute Gasteiger partial charge is 0.345 e. The highest BCUT2D eigenvalue weighted by atomic mass is 32.2. The quantitative estimate of drug-likeness (QED) is 0.483. The van der Waals surface area contributed by atoms with Gasteiger partial charge in [0.2, 0.25) is 0 Å². The highest BCUT2D eigenvalue weighted by Gasteiger charge is 2.21. The summed E-state index contributed by atoms with van der Waals surface area (Å²) < 4.78 is 28.1. The van der Waals surface area contributed by atoms with Gasteiger partial charge in [-0.2, -0.15) is 0 Å². The van der Waals surface area contributed by atoms with Gasteiger partial charge in [0.15, 0.2) is 0 Å². The van der Waals surface area contributed by atoms with E-state index >= 15 is 0 Å². The van der Waals surface area contributed by atoms with Crippen molar-refractivity contribution in [2.24, 2.45) is 0 Å². The third kappa shape index (κ3) is 5.11. The molecule has 1 aliphatic rings. The summed E-state index contributed by atoms with van der Waals surface area (Å²) in [6, 6.07) is 19.8. The molecule has 172 valence electrons. The summed E-state index contributed by atoms with van der Waals surface area (Å²) in [6.07, 6.45) is 5.44. The first-order valence-corrected chi connectivity index (χ1v) is 13.0. The second-order valence-corrected chi connectivity index (χ2v) is 10.2. The summed E-state index contributed by atoms with van der Waals surface area (Å²) in [4.78, 5) is 13.4. The van der Waals surface area contributed by atoms with Gasteiger partial charge in [-0.1, -0.05) is 49.4 Å². The van der Waals surface area contributed by atoms with Crippen molar-refractivity contribution in [2.45, 2.75) is 56.9 Å². The number of fused-ring (bicyclic) bond motifs is 1. The van der Waals surface area contributed by atoms with Gasteiger partial charge in [-0.15, -0.1) is 0 Å². The second kappa shape index (κ2) is 9.79. The van der Waals surface area contributed by atoms with Crippen LogP contribution < -0.4 is 10.0 Å². The molecule has 0 saturated carbocycles. The molecule has 3 aromatic carbocycles. The van der Waals surface area contributed by atoms with Crippen molar-refractivity contribution < 1.29 is 13.2 Å². The van der Waals surface area contributed by atoms with Crippen LogP contribution in [0.2, 0.25) is 0 Å². The summed E-state index contributed by atoms with van der Waals surface area (Å²) in [6.45, 7) is 3.82. The smallest absolute Gasteiger partial charge is 0.261 e. The molecule has 0 fully saturated rings. The maximum absolute atomic E-state index is 13.2. The molecule has 0 spiro atoms. The van der Waals surface area contributed by atoms with E-state index in [9.17, 15) is 13.2 Å². The number of hydrogen-bond donors (Lipinski definition) is 2. The van der Waals surface area contributed by atoms with Gasteiger partial charge in [-0.3, -0.25) is 9.52 Å². The number of rotatable bonds is 7. The molecule has 6 heteroatoms. The van der Waals surface area contributed by atoms with Crippen LogP contribution in [0, 0.1) is 6.92 Å². The Morgan fingerprint density at radius 2 is 1.67 bits per heavy atom. The summed E-state index contributed by atoms with van der Waals surface area (Å²) >= 11 is 0. The zero-order valence-corrected chi connectivity index (χ0v) is 19.9. The van der Waals surface area contributed by atoms with Gasteiger partial charge in [0.05, 0.1) is 16.6 Å². The average Bonchev–Trinajstić information content (AvgIpc) is 2.84. The summed E-state index contributed by atoms with van der Waals surface area (Å²) in [7, 11) is -3.74. The molecule has 1 unspecified atom stereocenters. The van der Waals surface area contributed by atoms with E-state index < -0.39 is 10.0 Å². The van der Waals surface area contributed by atoms with Crippen LogP contribution in [0.15, 0.2) is 71.6 Å². The number of carbonyl (C=O) groups excluding carboxylic acids is 1. The summed E-state index contributed by atoms with van der Waals surface area (Å²) in [5.74, 6) is -0.210. The Bertz CT molecular complexity index is 1250. The zero-order valence-electron chi connectivity index (χ0n) is 19.1. The average molecular weight is 463 g/mol. The lowest BCUT2D eigenvalue weighted by Crippen LogP contribution is -2.29. The number of hydrogen-bond acceptors (Lipinski definition) is 3. The molecule has 0 aliphatic heterocycles. The van der Waals surface area contributed by atoms with Crippen LogP contribution in [0.3, 0.4) is 0 Å². The fourth-order valence-electron chi connectivity index (χ4n) is 4.42. The van der Waals surface area contributed by atoms with Gasteiger partial charge in [-0.05, 0) is 85.5 Å². The van der Waals surface area contributed by atoms with Crippen LogP contribution in [-0.4, -0.2) is 14.3 Å². The number of benzene rings is 3. The van der Waals surface area contributed by atoms with E-state index in [2.05, 4.69) is 35.2 Å². The number of amides is 1. The Balaban J connectivity index is 1.55. The van der Waals surface area contributed by atoms with Gasteiger partial charge < -0.3 is 5.32 Å². The number of anilines is 1. The van der Waals surface area contributed by atoms with Gasteiger partial charge in [0.25, 0.3) is 15.9 Å². The van der Waals surface area contributed by atoms with Crippen LogP contribution in [0.5, 0.6) is 0 Å². The topological polar surface area (TPSA) is 75.3 Å². The molecular weight excluding hydrogens is 432 g/mol. The lowest BCUT2D eigenvalue weighted by Gasteiger charge is -2.22. The number of aryl methyl sites for hydroxylation is 2. The van der Waals surface area contributed by atoms with Crippen molar-refractivity contribution in [1.29, 1.82) is 0 Å². The number of carbonyl (C=O) groups is 1. The van der Waals surface area contributed by atoms with E-state index in [1.807, 2.05) is 0 Å². The Morgan fingerprint density at radius 1 is 0.939 bits per heavy atom. The monoisotopic (exact) mass is 462 g/mol. The van der Waals surface area contributed by atoms with E-state index in [4.69, 9.17) is 0 Å². The maximum Gasteiger partial charge on any atom is 0.261 e. The van der Waals surface area contributed by atoms with E-state index in [0.29, 0.717) is 16.8 Å². The fraction of sp³-hybridized carbons (Fsp3) is 0.296. The first kappa shape index (κ1) is 23.1. The molecule has 2 N–H and O–H groups in total. The molecule has 1 amide bonds. The van der Waals surface area contributed by atoms with Gasteiger partial charge in [0, 0.05) is 5.56 Å². The minimum atomic E-state index is -3.74. The van der Waals surface area contributed by atoms with Crippen molar-refractivity contribution >= 4 is 21.6 Å². The van der Waals surface area contributed by atoms with Crippen molar-refractivity contribution in [2.75, 3.05) is 4.72 Å². The summed E-state index contributed by atoms with van der Waals surface area (Å²) in [5.41, 5.74) is 5.37. The van der Waals surface area contributed by atoms with Gasteiger partial charge in [-0.25, -0.2) is 8.42 Å². The molecule has 0 bridgehead atoms. The lowest BCUT2D eigenvalue weighted by molar-refractivity contribution is 0.0935. The molecule has 0 heterocycles. The SMILES string of the molecule is CCC(NC(=O)c1cccc(NS(=O)(=O)c2ccccc2)c1C)c1ccc2c(c1)CCCC2. The molecule has 5 nitrogen and oxygen atoms in total. The fourth-order valence-corrected chi connectivity index (χ4v) is 5.57. The normalized spacial score (nSPS) is 14.2. The minimum Gasteiger partial charge on any atom is -0.345 e. The van der Waals surface area contributed by atoms with Gasteiger partial charge >= 0.3 is 0 Å². The van der Waals surface area contributed by atoms with Crippen molar-refractivity contribution in [1.82, 2.24) is 5.32 Å². The Morgan fingerprint density at radius 3 is 2.39 bits per heavy atom. The molecule has 3 aromatic rings. The first-order valence-electron chi connectivity index (χ1n) is 11.5. The van der Waals surface area contributed by atoms with E-state index in [1.165, 1.54) is 24.0 Å². The minimum absolute atomic E-state index is 0.103. The first-order chi connectivity index (χ1) is 15.9. The van der Waals surface area contributed by atoms with Crippen molar-refractivity contribution in [3.63, 3.8) is 0 Å². The standard InChI is InChI=1S/C27H30N2O3S/c1-3-25(22-17-16-20-10-7-8-11-21(20)18-22)28-27(30)24-14-9-15-26(19(24)2)29-33(31,32)23-12-5-4-6-13-23/h4-6,9,12-18,25,29H,3,7-8,10-11H2,1-2H3,(H,28,30). The Kier molecular flexibility index (Phi) is 6.84. The third-order valence-corrected chi connectivity index (χ3v) is 7.75. The molecule has 33 heavy (non-hydrogen) atoms. The highest BCUT2D eigenvalue weighted by Crippen LogP contribution is 2.27. The Hall–Kier alpha value is -3.12. The summed E-state index contributed by atoms with van der Waals surface area (Å²) in [5, 5.41) is 3.15. The molecule has 4 rings (SSSR count). The van der Waals surface area contributed by atoms with E-state index in [-0.39, 0.29) is 16.8 Å². The molecule has 0 radical (unpaired) electrons. The molecule has 1 atom stereocenters. The van der Waals surface area contributed by atoms with Crippen LogP contribution in [0.25, 0.3) is 0 Å². The van der Waals surface area contributed by atoms with Crippen LogP contribution in [0.4, 0.5) is 5.69 Å². The van der Waals surface area contributed by atoms with Gasteiger partial charge in [0.1, 0.15) is 0 Å². The third-order valence-electron chi connectivity index (χ3n) is 6.36. The highest BCUT2D eigenvalue weighted by molar-refractivity contribution is 7.92. The van der Waals surface area contributed by atoms with E-state index in [1.54, 1.807) is 55.5 Å². The van der Waals surface area contributed by atoms with Crippen LogP contribution in [-0.2, 0) is 22.9 Å². The molecule has 0 saturated heterocycles.